The van der Waals surface area contributed by atoms with Crippen LogP contribution < -0.4 is 10.9 Å². The van der Waals surface area contributed by atoms with Crippen LogP contribution in [0.1, 0.15) is 25.0 Å². The van der Waals surface area contributed by atoms with E-state index in [1.54, 1.807) is 13.1 Å². The lowest BCUT2D eigenvalue weighted by molar-refractivity contribution is 0.336. The smallest absolute Gasteiger partial charge is 0.266 e. The first-order chi connectivity index (χ1) is 6.25. The third-order valence-electron chi connectivity index (χ3n) is 2.63. The van der Waals surface area contributed by atoms with Crippen LogP contribution in [0, 0.1) is 0 Å². The van der Waals surface area contributed by atoms with Crippen LogP contribution in [0.3, 0.4) is 0 Å². The number of nitrogens with one attached hydrogen (secondary N) is 2. The normalized spacial score (nSPS) is 17.3. The molecule has 2 N–H and O–H groups in total. The van der Waals surface area contributed by atoms with Crippen molar-refractivity contribution < 1.29 is 0 Å². The molecule has 2 rings (SSSR count). The van der Waals surface area contributed by atoms with Gasteiger partial charge >= 0.3 is 0 Å². The van der Waals surface area contributed by atoms with E-state index in [2.05, 4.69) is 10.4 Å². The van der Waals surface area contributed by atoms with Gasteiger partial charge in [-0.15, -0.1) is 0 Å². The molecule has 13 heavy (non-hydrogen) atoms. The highest BCUT2D eigenvalue weighted by Gasteiger charge is 2.16. The molecule has 0 bridgehead atoms. The molecule has 72 valence electrons. The van der Waals surface area contributed by atoms with E-state index in [0.717, 1.165) is 12.2 Å². The number of aromatic amines is 1. The van der Waals surface area contributed by atoms with Crippen LogP contribution in [-0.4, -0.2) is 15.8 Å². The van der Waals surface area contributed by atoms with Crippen LogP contribution in [0.5, 0.6) is 0 Å². The predicted octanol–water partition coefficient (Wildman–Crippen LogP) is 0.355. The monoisotopic (exact) mass is 181 g/mol. The second-order valence-corrected chi connectivity index (χ2v) is 3.69. The van der Waals surface area contributed by atoms with Crippen molar-refractivity contribution >= 4 is 0 Å². The largest absolute Gasteiger partial charge is 0.308 e. The van der Waals surface area contributed by atoms with Gasteiger partial charge in [-0.3, -0.25) is 14.6 Å². The molecule has 1 aliphatic carbocycles. The molecule has 0 aromatic carbocycles. The molecule has 1 aromatic heterocycles. The minimum absolute atomic E-state index is 0.0328. The summed E-state index contributed by atoms with van der Waals surface area (Å²) in [6, 6.07) is 2.31. The first-order valence-electron chi connectivity index (χ1n) is 4.74. The van der Waals surface area contributed by atoms with Crippen LogP contribution in [-0.2, 0) is 13.6 Å². The summed E-state index contributed by atoms with van der Waals surface area (Å²) < 4.78 is 1.50. The first-order valence-corrected chi connectivity index (χ1v) is 4.74. The van der Waals surface area contributed by atoms with Gasteiger partial charge in [0.15, 0.2) is 0 Å². The zero-order chi connectivity index (χ0) is 9.26. The third kappa shape index (κ3) is 1.83. The molecular weight excluding hydrogens is 166 g/mol. The van der Waals surface area contributed by atoms with Gasteiger partial charge in [0.2, 0.25) is 0 Å². The molecule has 1 aromatic rings. The fourth-order valence-corrected chi connectivity index (χ4v) is 1.51. The molecular formula is C9H15N3O. The van der Waals surface area contributed by atoms with Gasteiger partial charge in [-0.05, 0) is 12.8 Å². The van der Waals surface area contributed by atoms with Gasteiger partial charge in [0.05, 0.1) is 5.69 Å². The second kappa shape index (κ2) is 3.38. The molecule has 0 amide bonds. The molecule has 0 unspecified atom stereocenters. The fourth-order valence-electron chi connectivity index (χ4n) is 1.51. The summed E-state index contributed by atoms with van der Waals surface area (Å²) in [6.45, 7) is 0.779. The van der Waals surface area contributed by atoms with Crippen molar-refractivity contribution in [2.24, 2.45) is 7.05 Å². The molecule has 4 nitrogen and oxygen atoms in total. The Kier molecular flexibility index (Phi) is 2.22. The van der Waals surface area contributed by atoms with Crippen molar-refractivity contribution in [1.82, 2.24) is 15.1 Å². The van der Waals surface area contributed by atoms with Gasteiger partial charge in [0, 0.05) is 25.7 Å². The van der Waals surface area contributed by atoms with Crippen molar-refractivity contribution in [3.8, 4) is 0 Å². The maximum atomic E-state index is 11.1. The first kappa shape index (κ1) is 8.56. The lowest BCUT2D eigenvalue weighted by Crippen LogP contribution is -2.34. The topological polar surface area (TPSA) is 49.8 Å². The van der Waals surface area contributed by atoms with E-state index in [-0.39, 0.29) is 5.56 Å². The highest BCUT2D eigenvalue weighted by molar-refractivity contribution is 4.99. The minimum atomic E-state index is 0.0328. The Hall–Kier alpha value is -1.03. The van der Waals surface area contributed by atoms with Crippen LogP contribution >= 0.6 is 0 Å². The standard InChI is InChI=1S/C9H15N3O/c1-12-9(13)5-8(11-12)6-10-7-3-2-4-7/h5,7,10-11H,2-4,6H2,1H3. The Labute approximate surface area is 76.9 Å². The Bertz CT molecular complexity index is 335. The average Bonchev–Trinajstić information content (AvgIpc) is 2.28. The lowest BCUT2D eigenvalue weighted by Gasteiger charge is -2.26. The number of H-pyrrole nitrogens is 1. The van der Waals surface area contributed by atoms with E-state index in [0.29, 0.717) is 6.04 Å². The Morgan fingerprint density at radius 1 is 1.69 bits per heavy atom. The van der Waals surface area contributed by atoms with E-state index in [9.17, 15) is 4.79 Å². The summed E-state index contributed by atoms with van der Waals surface area (Å²) in [5.41, 5.74) is 1.00. The summed E-state index contributed by atoms with van der Waals surface area (Å²) in [5.74, 6) is 0. The molecule has 0 aliphatic heterocycles. The molecule has 4 heteroatoms. The molecule has 0 radical (unpaired) electrons. The van der Waals surface area contributed by atoms with E-state index in [1.807, 2.05) is 0 Å². The quantitative estimate of drug-likeness (QED) is 0.707. The number of rotatable bonds is 3. The molecule has 1 heterocycles. The van der Waals surface area contributed by atoms with Crippen LogP contribution in [0.15, 0.2) is 10.9 Å². The van der Waals surface area contributed by atoms with Gasteiger partial charge < -0.3 is 5.32 Å². The maximum absolute atomic E-state index is 11.1. The second-order valence-electron chi connectivity index (χ2n) is 3.69. The number of hydrogen-bond acceptors (Lipinski definition) is 2. The molecule has 0 saturated heterocycles. The van der Waals surface area contributed by atoms with Gasteiger partial charge in [0.1, 0.15) is 0 Å². The number of nitrogens with zero attached hydrogens (tertiary/aromatic N) is 1. The Morgan fingerprint density at radius 3 is 2.92 bits per heavy atom. The van der Waals surface area contributed by atoms with Gasteiger partial charge in [0.25, 0.3) is 5.56 Å². The van der Waals surface area contributed by atoms with Crippen LogP contribution in [0.2, 0.25) is 0 Å². The highest BCUT2D eigenvalue weighted by Crippen LogP contribution is 2.18. The third-order valence-corrected chi connectivity index (χ3v) is 2.63. The molecule has 1 aliphatic rings. The van der Waals surface area contributed by atoms with Crippen molar-refractivity contribution in [1.29, 1.82) is 0 Å². The van der Waals surface area contributed by atoms with E-state index in [4.69, 9.17) is 0 Å². The van der Waals surface area contributed by atoms with Crippen LogP contribution in [0.4, 0.5) is 0 Å². The summed E-state index contributed by atoms with van der Waals surface area (Å²) >= 11 is 0. The van der Waals surface area contributed by atoms with Crippen LogP contribution in [0.25, 0.3) is 0 Å². The number of aromatic nitrogens is 2. The average molecular weight is 181 g/mol. The fraction of sp³-hybridized carbons (Fsp3) is 0.667. The number of hydrogen-bond donors (Lipinski definition) is 2. The highest BCUT2D eigenvalue weighted by atomic mass is 16.1. The Balaban J connectivity index is 1.90. The predicted molar refractivity (Wildman–Crippen MR) is 50.5 cm³/mol. The summed E-state index contributed by atoms with van der Waals surface area (Å²) in [5, 5.41) is 6.38. The molecule has 1 saturated carbocycles. The summed E-state index contributed by atoms with van der Waals surface area (Å²) in [7, 11) is 1.73. The zero-order valence-electron chi connectivity index (χ0n) is 7.84. The minimum Gasteiger partial charge on any atom is -0.308 e. The number of aryl methyl sites for hydroxylation is 1. The van der Waals surface area contributed by atoms with Crippen molar-refractivity contribution in [2.45, 2.75) is 31.8 Å². The van der Waals surface area contributed by atoms with Crippen molar-refractivity contribution in [3.63, 3.8) is 0 Å². The van der Waals surface area contributed by atoms with Crippen molar-refractivity contribution in [3.05, 3.63) is 22.1 Å². The molecule has 1 fully saturated rings. The van der Waals surface area contributed by atoms with E-state index in [1.165, 1.54) is 23.9 Å². The lowest BCUT2D eigenvalue weighted by atomic mass is 9.93. The summed E-state index contributed by atoms with van der Waals surface area (Å²) in [6.07, 6.45) is 3.89. The Morgan fingerprint density at radius 2 is 2.46 bits per heavy atom. The van der Waals surface area contributed by atoms with Gasteiger partial charge in [-0.25, -0.2) is 0 Å². The van der Waals surface area contributed by atoms with Gasteiger partial charge in [-0.1, -0.05) is 6.42 Å². The maximum Gasteiger partial charge on any atom is 0.266 e. The van der Waals surface area contributed by atoms with Gasteiger partial charge in [-0.2, -0.15) is 0 Å². The molecule has 0 atom stereocenters. The van der Waals surface area contributed by atoms with E-state index >= 15 is 0 Å². The zero-order valence-corrected chi connectivity index (χ0v) is 7.84. The summed E-state index contributed by atoms with van der Waals surface area (Å²) in [4.78, 5) is 11.1. The van der Waals surface area contributed by atoms with E-state index < -0.39 is 0 Å². The van der Waals surface area contributed by atoms with Crippen molar-refractivity contribution in [2.75, 3.05) is 0 Å². The SMILES string of the molecule is Cn1[nH]c(CNC2CCC2)cc1=O. The molecule has 0 spiro atoms.